The van der Waals surface area contributed by atoms with Crippen LogP contribution in [0.2, 0.25) is 0 Å². The first-order chi connectivity index (χ1) is 10.2. The molecular weight excluding hydrogens is 274 g/mol. The van der Waals surface area contributed by atoms with Crippen molar-refractivity contribution in [2.24, 2.45) is 0 Å². The molecule has 1 atom stereocenters. The molecule has 114 valence electrons. The fourth-order valence-electron chi connectivity index (χ4n) is 2.00. The first-order valence-corrected chi connectivity index (χ1v) is 6.53. The average Bonchev–Trinajstić information content (AvgIpc) is 2.96. The number of rotatable bonds is 7. The van der Waals surface area contributed by atoms with Gasteiger partial charge in [-0.3, -0.25) is 0 Å². The van der Waals surface area contributed by atoms with Crippen LogP contribution in [-0.4, -0.2) is 52.1 Å². The van der Waals surface area contributed by atoms with E-state index in [2.05, 4.69) is 10.3 Å². The second-order valence-electron chi connectivity index (χ2n) is 4.62. The van der Waals surface area contributed by atoms with E-state index >= 15 is 0 Å². The number of hydrogen-bond donors (Lipinski definition) is 2. The summed E-state index contributed by atoms with van der Waals surface area (Å²) in [5, 5.41) is 26.2. The molecule has 0 saturated carbocycles. The lowest BCUT2D eigenvalue weighted by molar-refractivity contribution is 0.0778. The van der Waals surface area contributed by atoms with Crippen LogP contribution in [0.25, 0.3) is 11.3 Å². The van der Waals surface area contributed by atoms with Crippen molar-refractivity contribution in [2.75, 3.05) is 20.8 Å². The third kappa shape index (κ3) is 3.78. The van der Waals surface area contributed by atoms with E-state index in [1.807, 2.05) is 18.2 Å². The molecule has 0 saturated heterocycles. The maximum absolute atomic E-state index is 9.40. The lowest BCUT2D eigenvalue weighted by Gasteiger charge is -2.09. The van der Waals surface area contributed by atoms with E-state index in [1.165, 1.54) is 4.68 Å². The van der Waals surface area contributed by atoms with Crippen molar-refractivity contribution < 1.29 is 19.7 Å². The van der Waals surface area contributed by atoms with Gasteiger partial charge in [-0.1, -0.05) is 5.21 Å². The summed E-state index contributed by atoms with van der Waals surface area (Å²) in [7, 11) is 3.24. The Hall–Kier alpha value is -1.96. The minimum Gasteiger partial charge on any atom is -0.496 e. The molecule has 0 bridgehead atoms. The lowest BCUT2D eigenvalue weighted by atomic mass is 10.1. The summed E-state index contributed by atoms with van der Waals surface area (Å²) >= 11 is 0. The first kappa shape index (κ1) is 15.4. The van der Waals surface area contributed by atoms with E-state index < -0.39 is 6.10 Å². The predicted octanol–water partition coefficient (Wildman–Crippen LogP) is 0.453. The van der Waals surface area contributed by atoms with Gasteiger partial charge in [0, 0.05) is 18.2 Å². The summed E-state index contributed by atoms with van der Waals surface area (Å²) in [4.78, 5) is 0. The van der Waals surface area contributed by atoms with Crippen LogP contribution in [0.5, 0.6) is 5.75 Å². The molecule has 0 aliphatic rings. The van der Waals surface area contributed by atoms with Gasteiger partial charge in [-0.25, -0.2) is 4.68 Å². The van der Waals surface area contributed by atoms with E-state index in [9.17, 15) is 5.11 Å². The third-order valence-electron chi connectivity index (χ3n) is 3.02. The molecule has 2 N–H and O–H groups in total. The van der Waals surface area contributed by atoms with E-state index in [-0.39, 0.29) is 13.2 Å². The highest BCUT2D eigenvalue weighted by atomic mass is 16.5. The Labute approximate surface area is 122 Å². The maximum Gasteiger partial charge on any atom is 0.124 e. The Bertz CT molecular complexity index is 585. The fraction of sp³-hybridized carbons (Fsp3) is 0.429. The van der Waals surface area contributed by atoms with Crippen molar-refractivity contribution in [2.45, 2.75) is 19.3 Å². The van der Waals surface area contributed by atoms with E-state index in [0.717, 1.165) is 16.9 Å². The Kier molecular flexibility index (Phi) is 5.26. The number of aromatic nitrogens is 3. The monoisotopic (exact) mass is 293 g/mol. The van der Waals surface area contributed by atoms with Gasteiger partial charge in [0.2, 0.25) is 0 Å². The zero-order valence-electron chi connectivity index (χ0n) is 12.1. The van der Waals surface area contributed by atoms with Gasteiger partial charge < -0.3 is 19.7 Å². The van der Waals surface area contributed by atoms with Gasteiger partial charge in [-0.15, -0.1) is 5.10 Å². The number of ether oxygens (including phenoxy) is 2. The van der Waals surface area contributed by atoms with Crippen molar-refractivity contribution in [3.8, 4) is 17.0 Å². The fourth-order valence-corrected chi connectivity index (χ4v) is 2.00. The molecule has 7 heteroatoms. The highest BCUT2D eigenvalue weighted by molar-refractivity contribution is 5.61. The average molecular weight is 293 g/mol. The van der Waals surface area contributed by atoms with Gasteiger partial charge in [-0.05, 0) is 18.2 Å². The van der Waals surface area contributed by atoms with Crippen LogP contribution in [0.1, 0.15) is 5.56 Å². The summed E-state index contributed by atoms with van der Waals surface area (Å²) in [6, 6.07) is 5.67. The molecule has 1 aromatic carbocycles. The minimum atomic E-state index is -0.848. The highest BCUT2D eigenvalue weighted by Gasteiger charge is 2.10. The molecule has 1 heterocycles. The Balaban J connectivity index is 2.23. The largest absolute Gasteiger partial charge is 0.496 e. The topological polar surface area (TPSA) is 89.6 Å². The Morgan fingerprint density at radius 3 is 2.81 bits per heavy atom. The summed E-state index contributed by atoms with van der Waals surface area (Å²) in [6.07, 6.45) is 0.872. The summed E-state index contributed by atoms with van der Waals surface area (Å²) in [5.41, 5.74) is 2.48. The number of methoxy groups -OCH3 is 2. The molecule has 2 rings (SSSR count). The highest BCUT2D eigenvalue weighted by Crippen LogP contribution is 2.25. The number of benzene rings is 1. The van der Waals surface area contributed by atoms with Gasteiger partial charge in [0.25, 0.3) is 0 Å². The normalized spacial score (nSPS) is 12.4. The molecule has 7 nitrogen and oxygen atoms in total. The van der Waals surface area contributed by atoms with Crippen molar-refractivity contribution in [3.05, 3.63) is 30.0 Å². The molecule has 0 fully saturated rings. The van der Waals surface area contributed by atoms with Crippen LogP contribution >= 0.6 is 0 Å². The zero-order chi connectivity index (χ0) is 15.2. The van der Waals surface area contributed by atoms with Crippen molar-refractivity contribution in [1.82, 2.24) is 15.0 Å². The molecular formula is C14H19N3O4. The predicted molar refractivity (Wildman–Crippen MR) is 75.8 cm³/mol. The SMILES string of the molecule is COCc1cc(-c2cn(CC(O)CO)nn2)ccc1OC. The summed E-state index contributed by atoms with van der Waals surface area (Å²) < 4.78 is 11.9. The second kappa shape index (κ2) is 7.16. The number of hydrogen-bond acceptors (Lipinski definition) is 6. The van der Waals surface area contributed by atoms with Gasteiger partial charge in [0.05, 0.1) is 39.2 Å². The van der Waals surface area contributed by atoms with Crippen LogP contribution in [0, 0.1) is 0 Å². The number of aliphatic hydroxyl groups is 2. The van der Waals surface area contributed by atoms with Gasteiger partial charge in [0.1, 0.15) is 11.4 Å². The van der Waals surface area contributed by atoms with Crippen LogP contribution in [-0.2, 0) is 17.9 Å². The Morgan fingerprint density at radius 2 is 2.14 bits per heavy atom. The lowest BCUT2D eigenvalue weighted by Crippen LogP contribution is -2.20. The standard InChI is InChI=1S/C14H19N3O4/c1-20-9-11-5-10(3-4-14(11)21-2)13-7-17(16-15-13)6-12(19)8-18/h3-5,7,12,18-19H,6,8-9H2,1-2H3. The van der Waals surface area contributed by atoms with Crippen LogP contribution in [0.4, 0.5) is 0 Å². The summed E-state index contributed by atoms with van der Waals surface area (Å²) in [6.45, 7) is 0.328. The number of aliphatic hydroxyl groups excluding tert-OH is 2. The molecule has 0 aliphatic carbocycles. The molecule has 2 aromatic rings. The zero-order valence-corrected chi connectivity index (χ0v) is 12.1. The molecule has 1 unspecified atom stereocenters. The van der Waals surface area contributed by atoms with Gasteiger partial charge in [0.15, 0.2) is 0 Å². The van der Waals surface area contributed by atoms with Gasteiger partial charge >= 0.3 is 0 Å². The molecule has 1 aromatic heterocycles. The van der Waals surface area contributed by atoms with E-state index in [4.69, 9.17) is 14.6 Å². The van der Waals surface area contributed by atoms with Crippen molar-refractivity contribution in [1.29, 1.82) is 0 Å². The molecule has 0 spiro atoms. The molecule has 0 amide bonds. The third-order valence-corrected chi connectivity index (χ3v) is 3.02. The van der Waals surface area contributed by atoms with Crippen molar-refractivity contribution >= 4 is 0 Å². The first-order valence-electron chi connectivity index (χ1n) is 6.53. The number of nitrogens with zero attached hydrogens (tertiary/aromatic N) is 3. The maximum atomic E-state index is 9.40. The minimum absolute atomic E-state index is 0.199. The van der Waals surface area contributed by atoms with Gasteiger partial charge in [-0.2, -0.15) is 0 Å². The molecule has 0 radical (unpaired) electrons. The summed E-state index contributed by atoms with van der Waals surface area (Å²) in [5.74, 6) is 0.753. The smallest absolute Gasteiger partial charge is 0.124 e. The van der Waals surface area contributed by atoms with E-state index in [0.29, 0.717) is 12.3 Å². The quantitative estimate of drug-likeness (QED) is 0.770. The van der Waals surface area contributed by atoms with Crippen LogP contribution in [0.3, 0.4) is 0 Å². The van der Waals surface area contributed by atoms with Crippen LogP contribution in [0.15, 0.2) is 24.4 Å². The molecule has 0 aliphatic heterocycles. The van der Waals surface area contributed by atoms with Crippen LogP contribution < -0.4 is 4.74 Å². The second-order valence-corrected chi connectivity index (χ2v) is 4.62. The Morgan fingerprint density at radius 1 is 1.33 bits per heavy atom. The van der Waals surface area contributed by atoms with Crippen molar-refractivity contribution in [3.63, 3.8) is 0 Å². The van der Waals surface area contributed by atoms with E-state index in [1.54, 1.807) is 20.4 Å². The molecule has 21 heavy (non-hydrogen) atoms.